The van der Waals surface area contributed by atoms with E-state index >= 15 is 0 Å². The molecule has 1 fully saturated rings. The molecule has 0 aliphatic carbocycles. The van der Waals surface area contributed by atoms with Gasteiger partial charge in [0.25, 0.3) is 0 Å². The van der Waals surface area contributed by atoms with E-state index in [4.69, 9.17) is 9.15 Å². The highest BCUT2D eigenvalue weighted by Crippen LogP contribution is 2.35. The Bertz CT molecular complexity index is 379. The zero-order valence-corrected chi connectivity index (χ0v) is 12.7. The van der Waals surface area contributed by atoms with Gasteiger partial charge in [0.05, 0.1) is 29.5 Å². The molecule has 4 nitrogen and oxygen atoms in total. The maximum absolute atomic E-state index is 5.91. The standard InChI is InChI=1S/C13H21BrN2O2/c1-9(2)16-5-7-17-11(8-15-3)12(16)13-10(14)4-6-18-13/h4,6,9,11-12,15H,5,7-8H2,1-3H3. The predicted octanol–water partition coefficient (Wildman–Crippen LogP) is 2.41. The van der Waals surface area contributed by atoms with E-state index in [9.17, 15) is 0 Å². The molecule has 1 aliphatic heterocycles. The predicted molar refractivity (Wildman–Crippen MR) is 74.7 cm³/mol. The van der Waals surface area contributed by atoms with Gasteiger partial charge in [-0.15, -0.1) is 0 Å². The Hall–Kier alpha value is -0.360. The number of nitrogens with one attached hydrogen (secondary N) is 1. The van der Waals surface area contributed by atoms with Gasteiger partial charge in [-0.25, -0.2) is 0 Å². The number of ether oxygens (including phenoxy) is 1. The van der Waals surface area contributed by atoms with Crippen LogP contribution < -0.4 is 5.32 Å². The average Bonchev–Trinajstić information content (AvgIpc) is 2.75. The molecule has 2 atom stereocenters. The van der Waals surface area contributed by atoms with E-state index in [1.54, 1.807) is 6.26 Å². The molecule has 102 valence electrons. The Morgan fingerprint density at radius 3 is 2.89 bits per heavy atom. The number of morpholine rings is 1. The van der Waals surface area contributed by atoms with Gasteiger partial charge in [0.1, 0.15) is 5.76 Å². The van der Waals surface area contributed by atoms with Gasteiger partial charge in [0, 0.05) is 19.1 Å². The Labute approximate surface area is 117 Å². The molecule has 0 saturated carbocycles. The second kappa shape index (κ2) is 6.19. The van der Waals surface area contributed by atoms with Gasteiger partial charge in [-0.1, -0.05) is 0 Å². The lowest BCUT2D eigenvalue weighted by Crippen LogP contribution is -2.51. The summed E-state index contributed by atoms with van der Waals surface area (Å²) in [4.78, 5) is 2.44. The summed E-state index contributed by atoms with van der Waals surface area (Å²) < 4.78 is 12.6. The Morgan fingerprint density at radius 2 is 2.33 bits per heavy atom. The van der Waals surface area contributed by atoms with Gasteiger partial charge < -0.3 is 14.5 Å². The number of furan rings is 1. The number of likely N-dealkylation sites (N-methyl/N-ethyl adjacent to an activating group) is 1. The van der Waals surface area contributed by atoms with Gasteiger partial charge in [-0.3, -0.25) is 4.90 Å². The van der Waals surface area contributed by atoms with Crippen LogP contribution in [0.1, 0.15) is 25.6 Å². The summed E-state index contributed by atoms with van der Waals surface area (Å²) >= 11 is 3.56. The number of hydrogen-bond acceptors (Lipinski definition) is 4. The largest absolute Gasteiger partial charge is 0.466 e. The second-order valence-electron chi connectivity index (χ2n) is 4.88. The molecule has 18 heavy (non-hydrogen) atoms. The van der Waals surface area contributed by atoms with E-state index < -0.39 is 0 Å². The van der Waals surface area contributed by atoms with Gasteiger partial charge in [0.2, 0.25) is 0 Å². The van der Waals surface area contributed by atoms with E-state index in [0.717, 1.165) is 29.9 Å². The molecule has 0 aromatic carbocycles. The topological polar surface area (TPSA) is 37.6 Å². The van der Waals surface area contributed by atoms with Crippen molar-refractivity contribution in [3.05, 3.63) is 22.6 Å². The lowest BCUT2D eigenvalue weighted by molar-refractivity contribution is -0.0879. The summed E-state index contributed by atoms with van der Waals surface area (Å²) in [6.45, 7) is 6.97. The van der Waals surface area contributed by atoms with Crippen molar-refractivity contribution in [2.75, 3.05) is 26.7 Å². The number of hydrogen-bond donors (Lipinski definition) is 1. The Balaban J connectivity index is 2.29. The van der Waals surface area contributed by atoms with E-state index in [2.05, 4.69) is 40.0 Å². The highest BCUT2D eigenvalue weighted by molar-refractivity contribution is 9.10. The summed E-state index contributed by atoms with van der Waals surface area (Å²) in [5.74, 6) is 0.962. The van der Waals surface area contributed by atoms with Crippen LogP contribution in [0.25, 0.3) is 0 Å². The van der Waals surface area contributed by atoms with E-state index in [0.29, 0.717) is 6.04 Å². The SMILES string of the molecule is CNCC1OCCN(C(C)C)C1c1occc1Br. The minimum Gasteiger partial charge on any atom is -0.466 e. The number of halogens is 1. The summed E-state index contributed by atoms with van der Waals surface area (Å²) in [5, 5.41) is 3.20. The van der Waals surface area contributed by atoms with Gasteiger partial charge in [0.15, 0.2) is 0 Å². The van der Waals surface area contributed by atoms with Crippen LogP contribution in [0.15, 0.2) is 21.2 Å². The average molecular weight is 317 g/mol. The minimum atomic E-state index is 0.119. The molecule has 0 spiro atoms. The zero-order valence-electron chi connectivity index (χ0n) is 11.1. The van der Waals surface area contributed by atoms with Crippen LogP contribution in [0, 0.1) is 0 Å². The fourth-order valence-electron chi connectivity index (χ4n) is 2.54. The van der Waals surface area contributed by atoms with Crippen LogP contribution in [0.4, 0.5) is 0 Å². The van der Waals surface area contributed by atoms with E-state index in [1.807, 2.05) is 13.1 Å². The Kier molecular flexibility index (Phi) is 4.84. The molecule has 1 N–H and O–H groups in total. The maximum atomic E-state index is 5.91. The molecule has 2 unspecified atom stereocenters. The molecule has 5 heteroatoms. The molecule has 1 saturated heterocycles. The minimum absolute atomic E-state index is 0.119. The third-order valence-electron chi connectivity index (χ3n) is 3.37. The molecule has 2 heterocycles. The molecule has 1 aromatic heterocycles. The van der Waals surface area contributed by atoms with Gasteiger partial charge in [-0.05, 0) is 42.9 Å². The lowest BCUT2D eigenvalue weighted by Gasteiger charge is -2.42. The first-order chi connectivity index (χ1) is 8.65. The van der Waals surface area contributed by atoms with Crippen molar-refractivity contribution >= 4 is 15.9 Å². The van der Waals surface area contributed by atoms with Crippen molar-refractivity contribution in [1.29, 1.82) is 0 Å². The Morgan fingerprint density at radius 1 is 1.56 bits per heavy atom. The zero-order chi connectivity index (χ0) is 13.1. The molecule has 0 bridgehead atoms. The third kappa shape index (κ3) is 2.79. The molecular formula is C13H21BrN2O2. The summed E-state index contributed by atoms with van der Waals surface area (Å²) in [7, 11) is 1.95. The van der Waals surface area contributed by atoms with Crippen molar-refractivity contribution < 1.29 is 9.15 Å². The van der Waals surface area contributed by atoms with Crippen LogP contribution in [0.5, 0.6) is 0 Å². The fourth-order valence-corrected chi connectivity index (χ4v) is 2.98. The van der Waals surface area contributed by atoms with Gasteiger partial charge >= 0.3 is 0 Å². The van der Waals surface area contributed by atoms with Gasteiger partial charge in [-0.2, -0.15) is 0 Å². The smallest absolute Gasteiger partial charge is 0.137 e. The maximum Gasteiger partial charge on any atom is 0.137 e. The first-order valence-electron chi connectivity index (χ1n) is 6.40. The summed E-state index contributed by atoms with van der Waals surface area (Å²) in [5.41, 5.74) is 0. The van der Waals surface area contributed by atoms with Crippen molar-refractivity contribution in [3.63, 3.8) is 0 Å². The molecule has 1 aliphatic rings. The van der Waals surface area contributed by atoms with Crippen LogP contribution >= 0.6 is 15.9 Å². The van der Waals surface area contributed by atoms with Crippen LogP contribution in [-0.4, -0.2) is 43.8 Å². The van der Waals surface area contributed by atoms with E-state index in [1.165, 1.54) is 0 Å². The molecule has 2 rings (SSSR count). The fraction of sp³-hybridized carbons (Fsp3) is 0.692. The van der Waals surface area contributed by atoms with Crippen molar-refractivity contribution in [1.82, 2.24) is 10.2 Å². The van der Waals surface area contributed by atoms with Crippen LogP contribution in [0.3, 0.4) is 0 Å². The molecule has 0 radical (unpaired) electrons. The quantitative estimate of drug-likeness (QED) is 0.925. The lowest BCUT2D eigenvalue weighted by atomic mass is 10.0. The monoisotopic (exact) mass is 316 g/mol. The van der Waals surface area contributed by atoms with Crippen molar-refractivity contribution in [2.45, 2.75) is 32.0 Å². The first kappa shape index (κ1) is 14.1. The summed E-state index contributed by atoms with van der Waals surface area (Å²) in [6.07, 6.45) is 1.84. The highest BCUT2D eigenvalue weighted by atomic mass is 79.9. The van der Waals surface area contributed by atoms with Crippen LogP contribution in [0.2, 0.25) is 0 Å². The van der Waals surface area contributed by atoms with Crippen molar-refractivity contribution in [2.24, 2.45) is 0 Å². The second-order valence-corrected chi connectivity index (χ2v) is 5.73. The summed E-state index contributed by atoms with van der Waals surface area (Å²) in [6, 6.07) is 2.57. The molecular weight excluding hydrogens is 296 g/mol. The number of rotatable bonds is 4. The molecule has 0 amide bonds. The van der Waals surface area contributed by atoms with Crippen LogP contribution in [-0.2, 0) is 4.74 Å². The first-order valence-corrected chi connectivity index (χ1v) is 7.19. The van der Waals surface area contributed by atoms with E-state index in [-0.39, 0.29) is 12.1 Å². The normalized spacial score (nSPS) is 25.8. The van der Waals surface area contributed by atoms with Crippen molar-refractivity contribution in [3.8, 4) is 0 Å². The molecule has 1 aromatic rings. The number of nitrogens with zero attached hydrogens (tertiary/aromatic N) is 1. The third-order valence-corrected chi connectivity index (χ3v) is 4.03. The highest BCUT2D eigenvalue weighted by Gasteiger charge is 2.37.